The van der Waals surface area contributed by atoms with E-state index in [1.54, 1.807) is 12.4 Å². The summed E-state index contributed by atoms with van der Waals surface area (Å²) in [6.45, 7) is 4.83. The summed E-state index contributed by atoms with van der Waals surface area (Å²) in [5, 5.41) is 71.4. The maximum atomic E-state index is 11.8. The van der Waals surface area contributed by atoms with Gasteiger partial charge in [0.2, 0.25) is 5.75 Å². The fraction of sp³-hybridized carbons (Fsp3) is 0.560. The van der Waals surface area contributed by atoms with E-state index in [2.05, 4.69) is 28.5 Å². The van der Waals surface area contributed by atoms with Crippen LogP contribution in [-0.4, -0.2) is 82.4 Å². The van der Waals surface area contributed by atoms with E-state index in [9.17, 15) is 30.6 Å². The number of phenolic OH excluding ortho intramolecular Hbond substituents is 2. The zero-order chi connectivity index (χ0) is 42.9. The lowest BCUT2D eigenvalue weighted by molar-refractivity contribution is -0.154. The molecule has 3 fully saturated rings. The van der Waals surface area contributed by atoms with Crippen molar-refractivity contribution in [3.05, 3.63) is 106 Å². The van der Waals surface area contributed by atoms with Gasteiger partial charge in [-0.15, -0.1) is 0 Å². The topological polar surface area (TPSA) is 175 Å². The van der Waals surface area contributed by atoms with Crippen molar-refractivity contribution in [1.29, 1.82) is 0 Å². The molecule has 1 aliphatic heterocycles. The minimum absolute atomic E-state index is 0.000931. The van der Waals surface area contributed by atoms with Crippen molar-refractivity contribution in [2.75, 3.05) is 33.4 Å². The number of aliphatic hydroxyl groups is 3. The quantitative estimate of drug-likeness (QED) is 0.0367. The monoisotopic (exact) mass is 839 g/mol. The van der Waals surface area contributed by atoms with Crippen molar-refractivity contribution in [3.8, 4) is 23.0 Å². The van der Waals surface area contributed by atoms with Crippen LogP contribution in [0.4, 0.5) is 0 Å². The van der Waals surface area contributed by atoms with Gasteiger partial charge in [0.1, 0.15) is 5.75 Å². The van der Waals surface area contributed by atoms with Gasteiger partial charge in [0.05, 0.1) is 38.1 Å². The predicted octanol–water partition coefficient (Wildman–Crippen LogP) is 7.53. The van der Waals surface area contributed by atoms with Crippen LogP contribution in [0.3, 0.4) is 0 Å². The Morgan fingerprint density at radius 2 is 1.75 bits per heavy atom. The third-order valence-corrected chi connectivity index (χ3v) is 14.0. The zero-order valence-electron chi connectivity index (χ0n) is 35.9. The second-order valence-electron chi connectivity index (χ2n) is 17.7. The number of hydrogen-bond donors (Lipinski definition) is 7. The molecule has 4 aromatic rings. The minimum Gasteiger partial charge on any atom is -0.670 e. The summed E-state index contributed by atoms with van der Waals surface area (Å²) in [5.41, 5.74) is 5.35. The van der Waals surface area contributed by atoms with Crippen LogP contribution >= 0.6 is 0 Å². The molecule has 0 radical (unpaired) electrons. The molecule has 1 saturated heterocycles. The number of rotatable bonds is 19. The normalized spacial score (nSPS) is 25.9. The lowest BCUT2D eigenvalue weighted by atomic mass is 9.66. The van der Waals surface area contributed by atoms with Gasteiger partial charge in [-0.05, 0) is 143 Å². The summed E-state index contributed by atoms with van der Waals surface area (Å²) in [7, 11) is 1.43. The van der Waals surface area contributed by atoms with Gasteiger partial charge in [0.15, 0.2) is 11.5 Å². The van der Waals surface area contributed by atoms with E-state index < -0.39 is 36.4 Å². The fourth-order valence-electron chi connectivity index (χ4n) is 10.8. The van der Waals surface area contributed by atoms with Gasteiger partial charge >= 0.3 is 0 Å². The van der Waals surface area contributed by atoms with Gasteiger partial charge in [-0.2, -0.15) is 12.4 Å². The summed E-state index contributed by atoms with van der Waals surface area (Å²) in [6.07, 6.45) is 10.4. The van der Waals surface area contributed by atoms with Crippen molar-refractivity contribution in [1.82, 2.24) is 10.3 Å². The summed E-state index contributed by atoms with van der Waals surface area (Å²) >= 11 is 0. The van der Waals surface area contributed by atoms with Gasteiger partial charge in [-0.25, -0.2) is 0 Å². The fourth-order valence-corrected chi connectivity index (χ4v) is 10.8. The Balaban J connectivity index is 1.12. The zero-order valence-corrected chi connectivity index (χ0v) is 35.9. The Morgan fingerprint density at radius 1 is 0.918 bits per heavy atom. The molecular formula is C50H67N2O9-. The highest BCUT2D eigenvalue weighted by Crippen LogP contribution is 2.53. The highest BCUT2D eigenvalue weighted by Gasteiger charge is 2.45. The Morgan fingerprint density at radius 3 is 2.51 bits per heavy atom. The summed E-state index contributed by atoms with van der Waals surface area (Å²) in [6, 6.07) is 18.2. The van der Waals surface area contributed by atoms with Crippen LogP contribution in [0.2, 0.25) is 0 Å². The molecule has 0 spiro atoms. The molecule has 332 valence electrons. The molecule has 0 amide bonds. The molecule has 3 aromatic carbocycles. The third-order valence-electron chi connectivity index (χ3n) is 14.0. The van der Waals surface area contributed by atoms with Crippen LogP contribution in [0.1, 0.15) is 128 Å². The lowest BCUT2D eigenvalue weighted by Gasteiger charge is -2.46. The molecule has 0 bridgehead atoms. The van der Waals surface area contributed by atoms with Crippen LogP contribution in [0.25, 0.3) is 0 Å². The number of aryl methyl sites for hydroxylation is 1. The SMILES string of the molecule is CCOCCCNCC[C@H]1CC[C@@H]([C@H](O)CCc2ccccc2)[C@@H](c2cc([C@@H]3CC[C@H]4[C@H](C3)O[C@H](c3c(CO)c(O)c(O)c(OC)c3Cc3cc[n-]c3)C[C@@H]4O)ccc2O)C1. The van der Waals surface area contributed by atoms with Crippen molar-refractivity contribution in [2.45, 2.75) is 127 Å². The highest BCUT2D eigenvalue weighted by molar-refractivity contribution is 5.64. The van der Waals surface area contributed by atoms with E-state index >= 15 is 0 Å². The highest BCUT2D eigenvalue weighted by atomic mass is 16.5. The first-order chi connectivity index (χ1) is 29.7. The number of benzene rings is 3. The van der Waals surface area contributed by atoms with Crippen LogP contribution in [0.5, 0.6) is 23.0 Å². The molecule has 11 nitrogen and oxygen atoms in total. The Hall–Kier alpha value is -4.10. The maximum Gasteiger partial charge on any atom is 0.201 e. The average Bonchev–Trinajstić information content (AvgIpc) is 3.80. The number of ether oxygens (including phenoxy) is 3. The number of aromatic hydroxyl groups is 3. The van der Waals surface area contributed by atoms with Gasteiger partial charge in [-0.1, -0.05) is 54.1 Å². The number of fused-ring (bicyclic) bond motifs is 1. The van der Waals surface area contributed by atoms with Crippen LogP contribution in [-0.2, 0) is 28.9 Å². The molecular weight excluding hydrogens is 773 g/mol. The molecule has 2 aliphatic carbocycles. The molecule has 7 N–H and O–H groups in total. The van der Waals surface area contributed by atoms with Crippen molar-refractivity contribution < 1.29 is 44.8 Å². The molecule has 2 saturated carbocycles. The first-order valence-electron chi connectivity index (χ1n) is 22.7. The summed E-state index contributed by atoms with van der Waals surface area (Å²) < 4.78 is 18.1. The summed E-state index contributed by atoms with van der Waals surface area (Å²) in [5.74, 6) is -0.0296. The number of methoxy groups -OCH3 is 1. The Bertz CT molecular complexity index is 1970. The van der Waals surface area contributed by atoms with Gasteiger partial charge in [0, 0.05) is 36.7 Å². The number of hydrogen-bond acceptors (Lipinski definition) is 10. The number of nitrogens with one attached hydrogen (secondary N) is 1. The first kappa shape index (κ1) is 44.9. The van der Waals surface area contributed by atoms with Gasteiger partial charge in [-0.3, -0.25) is 0 Å². The molecule has 2 heterocycles. The molecule has 61 heavy (non-hydrogen) atoms. The second-order valence-corrected chi connectivity index (χ2v) is 17.7. The second kappa shape index (κ2) is 21.3. The average molecular weight is 840 g/mol. The predicted molar refractivity (Wildman–Crippen MR) is 234 cm³/mol. The largest absolute Gasteiger partial charge is 0.670 e. The van der Waals surface area contributed by atoms with Crippen molar-refractivity contribution in [2.24, 2.45) is 17.8 Å². The molecule has 11 heteroatoms. The van der Waals surface area contributed by atoms with Crippen molar-refractivity contribution in [3.63, 3.8) is 0 Å². The molecule has 0 unspecified atom stereocenters. The molecule has 1 aromatic heterocycles. The molecule has 9 atom stereocenters. The molecule has 7 rings (SSSR count). The van der Waals surface area contributed by atoms with E-state index in [4.69, 9.17) is 14.2 Å². The van der Waals surface area contributed by atoms with Crippen LogP contribution < -0.4 is 15.0 Å². The van der Waals surface area contributed by atoms with Gasteiger partial charge in [0.25, 0.3) is 0 Å². The summed E-state index contributed by atoms with van der Waals surface area (Å²) in [4.78, 5) is 4.20. The number of nitrogens with zero attached hydrogens (tertiary/aromatic N) is 1. The van der Waals surface area contributed by atoms with E-state index in [1.807, 2.05) is 43.3 Å². The minimum atomic E-state index is -0.682. The smallest absolute Gasteiger partial charge is 0.201 e. The number of aromatic nitrogens is 1. The maximum absolute atomic E-state index is 11.8. The first-order valence-corrected chi connectivity index (χ1v) is 22.7. The number of aliphatic hydroxyl groups excluding tert-OH is 3. The third kappa shape index (κ3) is 10.6. The van der Waals surface area contributed by atoms with E-state index in [0.29, 0.717) is 36.3 Å². The van der Waals surface area contributed by atoms with E-state index in [-0.39, 0.29) is 53.3 Å². The Kier molecular flexibility index (Phi) is 15.7. The van der Waals surface area contributed by atoms with Crippen LogP contribution in [0, 0.1) is 17.8 Å². The van der Waals surface area contributed by atoms with E-state index in [1.165, 1.54) is 12.7 Å². The Labute approximate surface area is 361 Å². The standard InChI is InChI=1S/C50H67N2O9/c1-3-60-23-7-20-51-21-18-32-10-14-36(42(54)16-11-31-8-5-4-6-9-31)38(24-32)39-26-34(13-17-43(39)55)35-12-15-37-44(56)28-46(61-45(37)27-35)47-40(25-33-19-22-52-29-33)50(59-2)49(58)48(57)41(47)30-53/h4-6,8-9,13,17,19,22,26,29,32,35-38,42,44-46,51,53-58H,3,7,10-12,14-16,18,20-21,23-25,27-28,30H2,1-2H3/q-1/t32-,35-,36-,37-,38+,42-,44+,45+,46+/m1/s1. The lowest BCUT2D eigenvalue weighted by Crippen LogP contribution is -2.44. The van der Waals surface area contributed by atoms with Crippen molar-refractivity contribution >= 4 is 0 Å². The molecule has 3 aliphatic rings. The van der Waals surface area contributed by atoms with E-state index in [0.717, 1.165) is 94.4 Å². The van der Waals surface area contributed by atoms with Crippen LogP contribution in [0.15, 0.2) is 67.0 Å². The number of phenols is 3. The van der Waals surface area contributed by atoms with Gasteiger partial charge < -0.3 is 55.2 Å².